The van der Waals surface area contributed by atoms with Crippen molar-refractivity contribution >= 4 is 0 Å². The fraction of sp³-hybridized carbons (Fsp3) is 0. The van der Waals surface area contributed by atoms with E-state index in [1.807, 2.05) is 0 Å². The summed E-state index contributed by atoms with van der Waals surface area (Å²) in [6.45, 7) is 0. The third kappa shape index (κ3) is 12.3. The molecule has 0 heterocycles. The van der Waals surface area contributed by atoms with Crippen LogP contribution < -0.4 is 0 Å². The molecule has 4 N–H and O–H groups in total. The smallest absolute Gasteiger partial charge is 0 e. The molecular formula is H4Fe2O2. The average molecular weight is 148 g/mol. The molecule has 4 heavy (non-hydrogen) atoms. The minimum absolute atomic E-state index is 0. The van der Waals surface area contributed by atoms with Crippen LogP contribution in [0.25, 0.3) is 0 Å². The van der Waals surface area contributed by atoms with Crippen molar-refractivity contribution in [3.8, 4) is 0 Å². The molecule has 0 rings (SSSR count). The second-order valence-electron chi connectivity index (χ2n) is 0. The quantitative estimate of drug-likeness (QED) is 0.369. The molecule has 0 aromatic heterocycles. The maximum atomic E-state index is 0. The van der Waals surface area contributed by atoms with E-state index < -0.39 is 0 Å². The van der Waals surface area contributed by atoms with E-state index in [1.54, 1.807) is 0 Å². The van der Waals surface area contributed by atoms with E-state index in [0.29, 0.717) is 0 Å². The summed E-state index contributed by atoms with van der Waals surface area (Å²) in [5.41, 5.74) is 0. The van der Waals surface area contributed by atoms with Gasteiger partial charge < -0.3 is 11.0 Å². The van der Waals surface area contributed by atoms with Crippen molar-refractivity contribution < 1.29 is 45.1 Å². The first-order valence-corrected chi connectivity index (χ1v) is 0. The van der Waals surface area contributed by atoms with Crippen LogP contribution in [-0.2, 0) is 34.1 Å². The van der Waals surface area contributed by atoms with Gasteiger partial charge in [-0.25, -0.2) is 0 Å². The second-order valence-corrected chi connectivity index (χ2v) is 0. The van der Waals surface area contributed by atoms with Crippen molar-refractivity contribution in [1.82, 2.24) is 0 Å². The van der Waals surface area contributed by atoms with Gasteiger partial charge in [-0.05, 0) is 0 Å². The van der Waals surface area contributed by atoms with E-state index >= 15 is 0 Å². The van der Waals surface area contributed by atoms with Crippen LogP contribution in [0, 0.1) is 0 Å². The van der Waals surface area contributed by atoms with Crippen molar-refractivity contribution in [3.05, 3.63) is 0 Å². The molecule has 2 nitrogen and oxygen atoms in total. The molecule has 0 aliphatic heterocycles. The topological polar surface area (TPSA) is 63.0 Å². The fourth-order valence-electron chi connectivity index (χ4n) is 0. The zero-order valence-corrected chi connectivity index (χ0v) is 3.92. The van der Waals surface area contributed by atoms with Gasteiger partial charge >= 0.3 is 0 Å². The summed E-state index contributed by atoms with van der Waals surface area (Å²) < 4.78 is 0. The molecule has 0 aliphatic rings. The molecule has 0 aromatic rings. The van der Waals surface area contributed by atoms with Gasteiger partial charge in [0.15, 0.2) is 0 Å². The summed E-state index contributed by atoms with van der Waals surface area (Å²) >= 11 is 0. The standard InChI is InChI=1S/2Fe.2H2O/h;;2*1H2. The summed E-state index contributed by atoms with van der Waals surface area (Å²) in [6.07, 6.45) is 0. The largest absolute Gasteiger partial charge is 0.412 e. The number of hydrogen-bond donors (Lipinski definition) is 0. The Bertz CT molecular complexity index is 4.00. The molecule has 32 valence electrons. The Labute approximate surface area is 45.5 Å². The van der Waals surface area contributed by atoms with Gasteiger partial charge in [-0.1, -0.05) is 0 Å². The van der Waals surface area contributed by atoms with E-state index in [4.69, 9.17) is 0 Å². The Kier molecular flexibility index (Phi) is 796. The minimum atomic E-state index is 0. The molecule has 0 amide bonds. The van der Waals surface area contributed by atoms with E-state index in [9.17, 15) is 0 Å². The van der Waals surface area contributed by atoms with E-state index in [0.717, 1.165) is 0 Å². The SMILES string of the molecule is O.O.[Fe].[Fe]. The van der Waals surface area contributed by atoms with Gasteiger partial charge in [-0.2, -0.15) is 0 Å². The van der Waals surface area contributed by atoms with Crippen LogP contribution in [0.2, 0.25) is 0 Å². The van der Waals surface area contributed by atoms with Crippen LogP contribution in [0.5, 0.6) is 0 Å². The van der Waals surface area contributed by atoms with Gasteiger partial charge in [0.2, 0.25) is 0 Å². The molecule has 0 aliphatic carbocycles. The van der Waals surface area contributed by atoms with E-state index in [1.165, 1.54) is 0 Å². The predicted molar refractivity (Wildman–Crippen MR) is 7.23 cm³/mol. The van der Waals surface area contributed by atoms with Crippen LogP contribution in [0.15, 0.2) is 0 Å². The van der Waals surface area contributed by atoms with Crippen molar-refractivity contribution in [3.63, 3.8) is 0 Å². The van der Waals surface area contributed by atoms with Crippen molar-refractivity contribution in [2.24, 2.45) is 0 Å². The van der Waals surface area contributed by atoms with E-state index in [-0.39, 0.29) is 45.1 Å². The van der Waals surface area contributed by atoms with Crippen LogP contribution in [-0.4, -0.2) is 11.0 Å². The Morgan fingerprint density at radius 3 is 0.500 bits per heavy atom. The Morgan fingerprint density at radius 1 is 0.500 bits per heavy atom. The molecule has 0 fully saturated rings. The van der Waals surface area contributed by atoms with Crippen molar-refractivity contribution in [2.75, 3.05) is 0 Å². The Hall–Kier alpha value is 0.959. The predicted octanol–water partition coefficient (Wildman–Crippen LogP) is -1.65. The summed E-state index contributed by atoms with van der Waals surface area (Å²) in [7, 11) is 0. The maximum Gasteiger partial charge on any atom is 0 e. The van der Waals surface area contributed by atoms with Crippen molar-refractivity contribution in [1.29, 1.82) is 0 Å². The van der Waals surface area contributed by atoms with E-state index in [2.05, 4.69) is 0 Å². The van der Waals surface area contributed by atoms with Gasteiger partial charge in [-0.3, -0.25) is 0 Å². The monoisotopic (exact) mass is 148 g/mol. The molecule has 0 atom stereocenters. The first-order valence-electron chi connectivity index (χ1n) is 0. The van der Waals surface area contributed by atoms with Crippen LogP contribution >= 0.6 is 0 Å². The number of hydrogen-bond acceptors (Lipinski definition) is 0. The molecule has 4 heteroatoms. The molecule has 0 saturated heterocycles. The zero-order valence-electron chi connectivity index (χ0n) is 1.71. The summed E-state index contributed by atoms with van der Waals surface area (Å²) in [4.78, 5) is 0. The summed E-state index contributed by atoms with van der Waals surface area (Å²) in [5.74, 6) is 0. The maximum absolute atomic E-state index is 0. The Morgan fingerprint density at radius 2 is 0.500 bits per heavy atom. The summed E-state index contributed by atoms with van der Waals surface area (Å²) in [6, 6.07) is 0. The van der Waals surface area contributed by atoms with Gasteiger partial charge in [0.25, 0.3) is 0 Å². The second kappa shape index (κ2) is 37.7. The normalized spacial score (nSPS) is 0. The van der Waals surface area contributed by atoms with Crippen molar-refractivity contribution in [2.45, 2.75) is 0 Å². The number of rotatable bonds is 0. The van der Waals surface area contributed by atoms with Gasteiger partial charge in [-0.15, -0.1) is 0 Å². The Balaban J connectivity index is 0. The molecule has 0 spiro atoms. The molecule has 0 radical (unpaired) electrons. The zero-order chi connectivity index (χ0) is 0. The first kappa shape index (κ1) is 84.5. The first-order chi connectivity index (χ1) is 0. The molecule has 0 unspecified atom stereocenters. The molecule has 0 saturated carbocycles. The van der Waals surface area contributed by atoms with Gasteiger partial charge in [0.1, 0.15) is 0 Å². The van der Waals surface area contributed by atoms with Crippen LogP contribution in [0.3, 0.4) is 0 Å². The average Bonchev–Trinajstić information content (AvgIpc) is 0. The molecule has 0 aromatic carbocycles. The third-order valence-electron chi connectivity index (χ3n) is 0. The fourth-order valence-corrected chi connectivity index (χ4v) is 0. The van der Waals surface area contributed by atoms with Gasteiger partial charge in [0.05, 0.1) is 0 Å². The molecule has 0 bridgehead atoms. The van der Waals surface area contributed by atoms with Gasteiger partial charge in [0, 0.05) is 34.1 Å². The van der Waals surface area contributed by atoms with Crippen LogP contribution in [0.4, 0.5) is 0 Å². The molecular weight excluding hydrogens is 144 g/mol. The third-order valence-corrected chi connectivity index (χ3v) is 0. The minimum Gasteiger partial charge on any atom is -0.412 e. The summed E-state index contributed by atoms with van der Waals surface area (Å²) in [5, 5.41) is 0. The van der Waals surface area contributed by atoms with Crippen LogP contribution in [0.1, 0.15) is 0 Å².